The number of allylic oxidation sites excluding steroid dienone is 2. The van der Waals surface area contributed by atoms with Crippen LogP contribution in [0.3, 0.4) is 0 Å². The molecule has 2 aliphatic rings. The van der Waals surface area contributed by atoms with Gasteiger partial charge in [0.05, 0.1) is 13.2 Å². The molecule has 22 heavy (non-hydrogen) atoms. The second kappa shape index (κ2) is 7.19. The van der Waals surface area contributed by atoms with Gasteiger partial charge >= 0.3 is 0 Å². The Balaban J connectivity index is 1.94. The number of fused-ring (bicyclic) bond motifs is 1. The molecule has 1 aliphatic heterocycles. The van der Waals surface area contributed by atoms with Crippen molar-refractivity contribution in [1.29, 1.82) is 0 Å². The fourth-order valence-electron chi connectivity index (χ4n) is 3.67. The number of ether oxygens (including phenoxy) is 2. The Hall–Kier alpha value is -1.48. The first kappa shape index (κ1) is 15.4. The molecule has 1 aromatic rings. The fraction of sp³-hybridized carbons (Fsp3) is 0.579. The first-order valence-electron chi connectivity index (χ1n) is 8.64. The van der Waals surface area contributed by atoms with Crippen molar-refractivity contribution < 1.29 is 9.47 Å². The van der Waals surface area contributed by atoms with Crippen LogP contribution in [0.2, 0.25) is 0 Å². The van der Waals surface area contributed by atoms with E-state index in [9.17, 15) is 0 Å². The van der Waals surface area contributed by atoms with Crippen LogP contribution in [0, 0.1) is 5.92 Å². The van der Waals surface area contributed by atoms with Crippen molar-refractivity contribution in [2.45, 2.75) is 45.6 Å². The van der Waals surface area contributed by atoms with E-state index in [2.05, 4.69) is 29.6 Å². The third kappa shape index (κ3) is 3.14. The Kier molecular flexibility index (Phi) is 5.04. The van der Waals surface area contributed by atoms with Gasteiger partial charge in [0.2, 0.25) is 0 Å². The summed E-state index contributed by atoms with van der Waals surface area (Å²) in [4.78, 5) is 0. The molecule has 2 atom stereocenters. The van der Waals surface area contributed by atoms with Gasteiger partial charge in [-0.15, -0.1) is 0 Å². The minimum absolute atomic E-state index is 0.448. The Bertz CT molecular complexity index is 538. The molecular weight excluding hydrogens is 274 g/mol. The highest BCUT2D eigenvalue weighted by atomic mass is 16.5. The molecular formula is C19H27NO2. The number of hydrogen-bond acceptors (Lipinski definition) is 3. The zero-order valence-corrected chi connectivity index (χ0v) is 13.7. The largest absolute Gasteiger partial charge is 0.490 e. The third-order valence-electron chi connectivity index (χ3n) is 4.68. The van der Waals surface area contributed by atoms with Crippen LogP contribution >= 0.6 is 0 Å². The zero-order chi connectivity index (χ0) is 15.4. The Morgan fingerprint density at radius 1 is 1.09 bits per heavy atom. The van der Waals surface area contributed by atoms with Gasteiger partial charge in [0.15, 0.2) is 11.5 Å². The first-order valence-corrected chi connectivity index (χ1v) is 8.64. The lowest BCUT2D eigenvalue weighted by Gasteiger charge is -2.34. The van der Waals surface area contributed by atoms with Crippen LogP contribution in [0.1, 0.15) is 50.3 Å². The maximum absolute atomic E-state index is 5.82. The molecule has 1 heterocycles. The van der Waals surface area contributed by atoms with Crippen molar-refractivity contribution in [3.63, 3.8) is 0 Å². The molecule has 3 nitrogen and oxygen atoms in total. The van der Waals surface area contributed by atoms with Crippen LogP contribution in [0.4, 0.5) is 0 Å². The number of nitrogens with one attached hydrogen (secondary N) is 1. The molecule has 0 radical (unpaired) electrons. The minimum atomic E-state index is 0.448. The van der Waals surface area contributed by atoms with Crippen LogP contribution in [-0.2, 0) is 6.42 Å². The van der Waals surface area contributed by atoms with E-state index in [1.54, 1.807) is 0 Å². The lowest BCUT2D eigenvalue weighted by molar-refractivity contribution is 0.282. The lowest BCUT2D eigenvalue weighted by Crippen LogP contribution is -2.35. The van der Waals surface area contributed by atoms with E-state index in [1.165, 1.54) is 30.4 Å². The van der Waals surface area contributed by atoms with Crippen LogP contribution < -0.4 is 14.8 Å². The number of benzene rings is 1. The van der Waals surface area contributed by atoms with Crippen molar-refractivity contribution >= 4 is 0 Å². The standard InChI is InChI=1S/C19H27NO2/c1-3-21-17-12-15-10-11-20-19(14-8-6-5-7-9-14)16(15)13-18(17)22-4-2/h5-6,12-14,19-20H,3-4,7-11H2,1-2H3. The summed E-state index contributed by atoms with van der Waals surface area (Å²) < 4.78 is 11.6. The zero-order valence-electron chi connectivity index (χ0n) is 13.7. The second-order valence-corrected chi connectivity index (χ2v) is 6.09. The van der Waals surface area contributed by atoms with Gasteiger partial charge in [-0.3, -0.25) is 0 Å². The van der Waals surface area contributed by atoms with Crippen molar-refractivity contribution in [3.8, 4) is 11.5 Å². The van der Waals surface area contributed by atoms with Gasteiger partial charge in [-0.2, -0.15) is 0 Å². The quantitative estimate of drug-likeness (QED) is 0.833. The van der Waals surface area contributed by atoms with Gasteiger partial charge < -0.3 is 14.8 Å². The van der Waals surface area contributed by atoms with E-state index < -0.39 is 0 Å². The Morgan fingerprint density at radius 2 is 1.86 bits per heavy atom. The molecule has 0 spiro atoms. The van der Waals surface area contributed by atoms with Crippen LogP contribution in [0.25, 0.3) is 0 Å². The molecule has 3 rings (SSSR count). The Labute approximate surface area is 133 Å². The first-order chi connectivity index (χ1) is 10.8. The van der Waals surface area contributed by atoms with Gasteiger partial charge in [-0.05, 0) is 75.3 Å². The van der Waals surface area contributed by atoms with Gasteiger partial charge in [-0.1, -0.05) is 12.2 Å². The average molecular weight is 301 g/mol. The summed E-state index contributed by atoms with van der Waals surface area (Å²) in [5, 5.41) is 3.74. The highest BCUT2D eigenvalue weighted by Gasteiger charge is 2.29. The smallest absolute Gasteiger partial charge is 0.161 e. The summed E-state index contributed by atoms with van der Waals surface area (Å²) in [6.07, 6.45) is 9.36. The van der Waals surface area contributed by atoms with Gasteiger partial charge in [-0.25, -0.2) is 0 Å². The van der Waals surface area contributed by atoms with E-state index in [0.717, 1.165) is 24.5 Å². The maximum atomic E-state index is 5.82. The highest BCUT2D eigenvalue weighted by molar-refractivity contribution is 5.49. The monoisotopic (exact) mass is 301 g/mol. The summed E-state index contributed by atoms with van der Waals surface area (Å²) in [5.41, 5.74) is 2.84. The fourth-order valence-corrected chi connectivity index (χ4v) is 3.67. The topological polar surface area (TPSA) is 30.5 Å². The second-order valence-electron chi connectivity index (χ2n) is 6.09. The van der Waals surface area contributed by atoms with E-state index in [4.69, 9.17) is 9.47 Å². The summed E-state index contributed by atoms with van der Waals surface area (Å²) in [5.74, 6) is 2.48. The van der Waals surface area contributed by atoms with E-state index in [1.807, 2.05) is 13.8 Å². The van der Waals surface area contributed by atoms with Crippen molar-refractivity contribution in [3.05, 3.63) is 35.4 Å². The molecule has 0 saturated carbocycles. The molecule has 2 unspecified atom stereocenters. The molecule has 1 aliphatic carbocycles. The summed E-state index contributed by atoms with van der Waals surface area (Å²) in [7, 11) is 0. The van der Waals surface area contributed by atoms with E-state index in [0.29, 0.717) is 25.2 Å². The molecule has 1 N–H and O–H groups in total. The molecule has 120 valence electrons. The molecule has 3 heteroatoms. The van der Waals surface area contributed by atoms with Crippen molar-refractivity contribution in [2.24, 2.45) is 5.92 Å². The molecule has 0 fully saturated rings. The molecule has 0 bridgehead atoms. The minimum Gasteiger partial charge on any atom is -0.490 e. The van der Waals surface area contributed by atoms with E-state index >= 15 is 0 Å². The van der Waals surface area contributed by atoms with Gasteiger partial charge in [0.1, 0.15) is 0 Å². The molecule has 0 saturated heterocycles. The van der Waals surface area contributed by atoms with Crippen LogP contribution in [-0.4, -0.2) is 19.8 Å². The molecule has 1 aromatic carbocycles. The summed E-state index contributed by atoms with van der Waals surface area (Å²) in [6, 6.07) is 4.87. The number of rotatable bonds is 5. The maximum Gasteiger partial charge on any atom is 0.161 e. The van der Waals surface area contributed by atoms with E-state index in [-0.39, 0.29) is 0 Å². The predicted molar refractivity (Wildman–Crippen MR) is 89.7 cm³/mol. The molecule has 0 aromatic heterocycles. The average Bonchev–Trinajstić information content (AvgIpc) is 2.56. The normalized spacial score (nSPS) is 23.9. The summed E-state index contributed by atoms with van der Waals surface area (Å²) in [6.45, 7) is 6.44. The SMILES string of the molecule is CCOc1cc2c(cc1OCC)C(C1CC=CCC1)NCC2. The number of hydrogen-bond donors (Lipinski definition) is 1. The van der Waals surface area contributed by atoms with Gasteiger partial charge in [0.25, 0.3) is 0 Å². The van der Waals surface area contributed by atoms with Crippen LogP contribution in [0.5, 0.6) is 11.5 Å². The highest BCUT2D eigenvalue weighted by Crippen LogP contribution is 2.40. The Morgan fingerprint density at radius 3 is 2.55 bits per heavy atom. The third-order valence-corrected chi connectivity index (χ3v) is 4.68. The van der Waals surface area contributed by atoms with Crippen molar-refractivity contribution in [2.75, 3.05) is 19.8 Å². The summed E-state index contributed by atoms with van der Waals surface area (Å²) >= 11 is 0. The predicted octanol–water partition coefficient (Wildman–Crippen LogP) is 4.03. The van der Waals surface area contributed by atoms with Crippen molar-refractivity contribution in [1.82, 2.24) is 5.32 Å². The van der Waals surface area contributed by atoms with Gasteiger partial charge in [0, 0.05) is 6.04 Å². The lowest BCUT2D eigenvalue weighted by atomic mass is 9.80. The molecule has 0 amide bonds. The van der Waals surface area contributed by atoms with Crippen LogP contribution in [0.15, 0.2) is 24.3 Å².